The Labute approximate surface area is 110 Å². The molecule has 2 unspecified atom stereocenters. The Morgan fingerprint density at radius 3 is 2.41 bits per heavy atom. The van der Waals surface area contributed by atoms with Crippen molar-refractivity contribution in [3.63, 3.8) is 0 Å². The average Bonchev–Trinajstić information content (AvgIpc) is 2.29. The molecule has 1 fully saturated rings. The summed E-state index contributed by atoms with van der Waals surface area (Å²) in [6, 6.07) is 6.68. The number of aliphatic hydroxyl groups is 1. The summed E-state index contributed by atoms with van der Waals surface area (Å²) >= 11 is 3.28. The van der Waals surface area contributed by atoms with E-state index in [9.17, 15) is 13.5 Å². The van der Waals surface area contributed by atoms with E-state index in [2.05, 4.69) is 15.9 Å². The first kappa shape index (κ1) is 13.1. The van der Waals surface area contributed by atoms with E-state index in [1.165, 1.54) is 0 Å². The summed E-state index contributed by atoms with van der Waals surface area (Å²) in [6.07, 6.45) is 2.03. The van der Waals surface area contributed by atoms with Crippen LogP contribution in [0.4, 0.5) is 0 Å². The third-order valence-electron chi connectivity index (χ3n) is 3.18. The standard InChI is InChI=1S/C12H15BrO3S/c13-9-4-6-11(7-5-9)17(15,16)12-3-1-2-10(14)8-12/h4-7,10,12,14H,1-3,8H2. The topological polar surface area (TPSA) is 54.4 Å². The zero-order valence-electron chi connectivity index (χ0n) is 9.34. The van der Waals surface area contributed by atoms with E-state index in [4.69, 9.17) is 0 Å². The van der Waals surface area contributed by atoms with Gasteiger partial charge in [-0.25, -0.2) is 8.42 Å². The van der Waals surface area contributed by atoms with E-state index < -0.39 is 21.2 Å². The van der Waals surface area contributed by atoms with Gasteiger partial charge in [0.15, 0.2) is 9.84 Å². The van der Waals surface area contributed by atoms with Gasteiger partial charge in [0.25, 0.3) is 0 Å². The van der Waals surface area contributed by atoms with E-state index in [-0.39, 0.29) is 0 Å². The molecule has 0 amide bonds. The quantitative estimate of drug-likeness (QED) is 0.911. The number of aliphatic hydroxyl groups excluding tert-OH is 1. The highest BCUT2D eigenvalue weighted by atomic mass is 79.9. The summed E-state index contributed by atoms with van der Waals surface area (Å²) < 4.78 is 25.5. The predicted molar refractivity (Wildman–Crippen MR) is 69.6 cm³/mol. The lowest BCUT2D eigenvalue weighted by atomic mass is 9.97. The summed E-state index contributed by atoms with van der Waals surface area (Å²) in [5.41, 5.74) is 0. The van der Waals surface area contributed by atoms with Crippen molar-refractivity contribution in [3.05, 3.63) is 28.7 Å². The molecule has 0 saturated heterocycles. The number of sulfone groups is 1. The first-order chi connectivity index (χ1) is 8.00. The van der Waals surface area contributed by atoms with Gasteiger partial charge in [0.2, 0.25) is 0 Å². The minimum absolute atomic E-state index is 0.347. The lowest BCUT2D eigenvalue weighted by Crippen LogP contribution is -2.30. The van der Waals surface area contributed by atoms with Crippen molar-refractivity contribution in [1.29, 1.82) is 0 Å². The molecule has 0 aliphatic heterocycles. The average molecular weight is 319 g/mol. The summed E-state index contributed by atoms with van der Waals surface area (Å²) in [5.74, 6) is 0. The molecule has 0 spiro atoms. The molecule has 1 aliphatic rings. The van der Waals surface area contributed by atoms with Crippen molar-refractivity contribution in [2.45, 2.75) is 41.9 Å². The molecule has 1 saturated carbocycles. The number of hydrogen-bond acceptors (Lipinski definition) is 3. The van der Waals surface area contributed by atoms with Crippen LogP contribution in [-0.4, -0.2) is 24.9 Å². The van der Waals surface area contributed by atoms with Gasteiger partial charge in [0.1, 0.15) is 0 Å². The van der Waals surface area contributed by atoms with Crippen LogP contribution in [0.25, 0.3) is 0 Å². The van der Waals surface area contributed by atoms with Crippen molar-refractivity contribution < 1.29 is 13.5 Å². The minimum atomic E-state index is -3.29. The van der Waals surface area contributed by atoms with Gasteiger partial charge in [-0.1, -0.05) is 15.9 Å². The zero-order valence-corrected chi connectivity index (χ0v) is 11.7. The molecule has 0 radical (unpaired) electrons. The molecular weight excluding hydrogens is 304 g/mol. The van der Waals surface area contributed by atoms with Crippen LogP contribution in [0.15, 0.2) is 33.6 Å². The van der Waals surface area contributed by atoms with Gasteiger partial charge in [0, 0.05) is 4.47 Å². The largest absolute Gasteiger partial charge is 0.393 e. The Bertz CT molecular complexity index is 481. The third kappa shape index (κ3) is 2.89. The Hall–Kier alpha value is -0.390. The highest BCUT2D eigenvalue weighted by Crippen LogP contribution is 2.29. The molecule has 94 valence electrons. The van der Waals surface area contributed by atoms with Gasteiger partial charge in [-0.15, -0.1) is 0 Å². The maximum atomic E-state index is 12.3. The molecule has 2 rings (SSSR count). The van der Waals surface area contributed by atoms with Gasteiger partial charge in [-0.05, 0) is 49.9 Å². The van der Waals surface area contributed by atoms with Crippen molar-refractivity contribution in [2.24, 2.45) is 0 Å². The molecule has 5 heteroatoms. The molecule has 3 nitrogen and oxygen atoms in total. The second-order valence-electron chi connectivity index (χ2n) is 4.44. The lowest BCUT2D eigenvalue weighted by Gasteiger charge is -2.25. The SMILES string of the molecule is O=S(=O)(c1ccc(Br)cc1)C1CCCC(O)C1. The van der Waals surface area contributed by atoms with Crippen LogP contribution in [0.3, 0.4) is 0 Å². The Morgan fingerprint density at radius 1 is 1.18 bits per heavy atom. The maximum absolute atomic E-state index is 12.3. The van der Waals surface area contributed by atoms with Crippen molar-refractivity contribution >= 4 is 25.8 Å². The van der Waals surface area contributed by atoms with E-state index >= 15 is 0 Å². The number of benzene rings is 1. The summed E-state index contributed by atoms with van der Waals surface area (Å²) in [4.78, 5) is 0.347. The number of halogens is 1. The van der Waals surface area contributed by atoms with Gasteiger partial charge >= 0.3 is 0 Å². The minimum Gasteiger partial charge on any atom is -0.393 e. The van der Waals surface area contributed by atoms with Gasteiger partial charge < -0.3 is 5.11 Å². The van der Waals surface area contributed by atoms with Gasteiger partial charge in [-0.2, -0.15) is 0 Å². The third-order valence-corrected chi connectivity index (χ3v) is 5.94. The second kappa shape index (κ2) is 5.08. The van der Waals surface area contributed by atoms with E-state index in [0.29, 0.717) is 24.2 Å². The highest BCUT2D eigenvalue weighted by Gasteiger charge is 2.32. The van der Waals surface area contributed by atoms with Crippen LogP contribution in [-0.2, 0) is 9.84 Å². The molecule has 0 aromatic heterocycles. The van der Waals surface area contributed by atoms with E-state index in [0.717, 1.165) is 10.9 Å². The number of rotatable bonds is 2. The van der Waals surface area contributed by atoms with Crippen LogP contribution in [0.1, 0.15) is 25.7 Å². The van der Waals surface area contributed by atoms with Crippen molar-refractivity contribution in [3.8, 4) is 0 Å². The fraction of sp³-hybridized carbons (Fsp3) is 0.500. The Morgan fingerprint density at radius 2 is 1.82 bits per heavy atom. The number of hydrogen-bond donors (Lipinski definition) is 1. The molecular formula is C12H15BrO3S. The van der Waals surface area contributed by atoms with Crippen molar-refractivity contribution in [2.75, 3.05) is 0 Å². The lowest BCUT2D eigenvalue weighted by molar-refractivity contribution is 0.131. The van der Waals surface area contributed by atoms with E-state index in [1.807, 2.05) is 0 Å². The Kier molecular flexibility index (Phi) is 3.90. The van der Waals surface area contributed by atoms with Crippen LogP contribution in [0, 0.1) is 0 Å². The summed E-state index contributed by atoms with van der Waals surface area (Å²) in [7, 11) is -3.29. The molecule has 0 heterocycles. The first-order valence-corrected chi connectivity index (χ1v) is 8.01. The van der Waals surface area contributed by atoms with E-state index in [1.54, 1.807) is 24.3 Å². The molecule has 1 aliphatic carbocycles. The summed E-state index contributed by atoms with van der Waals surface area (Å²) in [6.45, 7) is 0. The molecule has 0 bridgehead atoms. The predicted octanol–water partition coefficient (Wildman–Crippen LogP) is 2.53. The molecule has 17 heavy (non-hydrogen) atoms. The molecule has 1 N–H and O–H groups in total. The van der Waals surface area contributed by atoms with Crippen LogP contribution >= 0.6 is 15.9 Å². The first-order valence-electron chi connectivity index (χ1n) is 5.67. The highest BCUT2D eigenvalue weighted by molar-refractivity contribution is 9.10. The van der Waals surface area contributed by atoms with Crippen LogP contribution in [0.2, 0.25) is 0 Å². The monoisotopic (exact) mass is 318 g/mol. The Balaban J connectivity index is 2.26. The van der Waals surface area contributed by atoms with Crippen LogP contribution in [0.5, 0.6) is 0 Å². The normalized spacial score (nSPS) is 25.8. The molecule has 1 aromatic rings. The van der Waals surface area contributed by atoms with Gasteiger partial charge in [-0.3, -0.25) is 0 Å². The summed E-state index contributed by atoms with van der Waals surface area (Å²) in [5, 5.41) is 9.12. The fourth-order valence-electron chi connectivity index (χ4n) is 2.22. The smallest absolute Gasteiger partial charge is 0.181 e. The molecule has 1 aromatic carbocycles. The van der Waals surface area contributed by atoms with Crippen LogP contribution < -0.4 is 0 Å². The fourth-order valence-corrected chi connectivity index (χ4v) is 4.34. The van der Waals surface area contributed by atoms with Crippen molar-refractivity contribution in [1.82, 2.24) is 0 Å². The zero-order chi connectivity index (χ0) is 12.5. The van der Waals surface area contributed by atoms with Gasteiger partial charge in [0.05, 0.1) is 16.2 Å². The second-order valence-corrected chi connectivity index (χ2v) is 7.59. The maximum Gasteiger partial charge on any atom is 0.181 e. The molecule has 2 atom stereocenters.